The molecule has 0 spiro atoms. The van der Waals surface area contributed by atoms with Crippen LogP contribution in [0.4, 0.5) is 0 Å². The Labute approximate surface area is 72.0 Å². The highest BCUT2D eigenvalue weighted by molar-refractivity contribution is 5.65. The monoisotopic (exact) mass is 170 g/mol. The predicted molar refractivity (Wildman–Crippen MR) is 42.5 cm³/mol. The van der Waals surface area contributed by atoms with Crippen LogP contribution in [0.1, 0.15) is 13.3 Å². The third kappa shape index (κ3) is 1.33. The van der Waals surface area contributed by atoms with E-state index in [0.29, 0.717) is 18.4 Å². The molecule has 2 rings (SSSR count). The highest BCUT2D eigenvalue weighted by atomic mass is 16.5. The normalized spacial score (nSPS) is 38.6. The lowest BCUT2D eigenvalue weighted by atomic mass is 9.67. The summed E-state index contributed by atoms with van der Waals surface area (Å²) in [7, 11) is 0. The summed E-state index contributed by atoms with van der Waals surface area (Å²) in [5.74, 6) is 1.83. The van der Waals surface area contributed by atoms with Gasteiger partial charge in [0.1, 0.15) is 0 Å². The molecule has 0 N–H and O–H groups in total. The van der Waals surface area contributed by atoms with Crippen molar-refractivity contribution in [3.8, 4) is 0 Å². The lowest BCUT2D eigenvalue weighted by Gasteiger charge is -2.38. The quantitative estimate of drug-likeness (QED) is 0.576. The molecule has 0 aromatic heterocycles. The van der Waals surface area contributed by atoms with E-state index in [-0.39, 0.29) is 5.97 Å². The van der Waals surface area contributed by atoms with Gasteiger partial charge in [-0.05, 0) is 24.2 Å². The van der Waals surface area contributed by atoms with E-state index in [9.17, 15) is 4.79 Å². The average Bonchev–Trinajstić information content (AvgIpc) is 2.32. The molecule has 0 radical (unpaired) electrons. The van der Waals surface area contributed by atoms with Crippen LogP contribution in [0.3, 0.4) is 0 Å². The van der Waals surface area contributed by atoms with E-state index < -0.39 is 0 Å². The number of carbonyl (C=O) groups excluding carboxylic acids is 1. The van der Waals surface area contributed by atoms with Crippen LogP contribution in [0.25, 0.3) is 0 Å². The van der Waals surface area contributed by atoms with E-state index in [1.165, 1.54) is 13.3 Å². The summed E-state index contributed by atoms with van der Waals surface area (Å²) in [6.07, 6.45) is 1.18. The number of ether oxygens (including phenoxy) is 2. The van der Waals surface area contributed by atoms with Crippen LogP contribution < -0.4 is 0 Å². The van der Waals surface area contributed by atoms with E-state index in [1.807, 2.05) is 0 Å². The SMILES string of the molecule is CC(=O)OCC1C[C@H]2COC[C@@H]12. The molecule has 3 nitrogen and oxygen atoms in total. The van der Waals surface area contributed by atoms with Crippen LogP contribution in [-0.2, 0) is 14.3 Å². The fourth-order valence-corrected chi connectivity index (χ4v) is 2.16. The summed E-state index contributed by atoms with van der Waals surface area (Å²) in [6, 6.07) is 0. The minimum Gasteiger partial charge on any atom is -0.466 e. The van der Waals surface area contributed by atoms with E-state index in [2.05, 4.69) is 0 Å². The Hall–Kier alpha value is -0.570. The van der Waals surface area contributed by atoms with E-state index in [1.54, 1.807) is 0 Å². The van der Waals surface area contributed by atoms with Gasteiger partial charge in [-0.3, -0.25) is 4.79 Å². The largest absolute Gasteiger partial charge is 0.466 e. The van der Waals surface area contributed by atoms with Gasteiger partial charge in [0.05, 0.1) is 13.2 Å². The van der Waals surface area contributed by atoms with Gasteiger partial charge in [-0.25, -0.2) is 0 Å². The molecule has 0 aromatic carbocycles. The molecule has 1 saturated carbocycles. The van der Waals surface area contributed by atoms with Crippen LogP contribution >= 0.6 is 0 Å². The Kier molecular flexibility index (Phi) is 2.05. The van der Waals surface area contributed by atoms with Crippen LogP contribution in [0, 0.1) is 17.8 Å². The molecule has 1 aliphatic heterocycles. The zero-order chi connectivity index (χ0) is 8.55. The maximum absolute atomic E-state index is 10.5. The zero-order valence-electron chi connectivity index (χ0n) is 7.29. The molecule has 0 aromatic rings. The molecule has 0 bridgehead atoms. The minimum absolute atomic E-state index is 0.169. The molecular formula is C9H14O3. The fraction of sp³-hybridized carbons (Fsp3) is 0.889. The van der Waals surface area contributed by atoms with E-state index in [0.717, 1.165) is 19.1 Å². The lowest BCUT2D eigenvalue weighted by Crippen LogP contribution is -2.38. The fourth-order valence-electron chi connectivity index (χ4n) is 2.16. The van der Waals surface area contributed by atoms with Crippen LogP contribution in [-0.4, -0.2) is 25.8 Å². The van der Waals surface area contributed by atoms with Gasteiger partial charge >= 0.3 is 5.97 Å². The van der Waals surface area contributed by atoms with Gasteiger partial charge in [0.25, 0.3) is 0 Å². The van der Waals surface area contributed by atoms with Crippen molar-refractivity contribution in [3.63, 3.8) is 0 Å². The van der Waals surface area contributed by atoms with Crippen LogP contribution in [0.15, 0.2) is 0 Å². The first kappa shape index (κ1) is 8.05. The smallest absolute Gasteiger partial charge is 0.302 e. The molecule has 3 heteroatoms. The summed E-state index contributed by atoms with van der Waals surface area (Å²) in [4.78, 5) is 10.5. The highest BCUT2D eigenvalue weighted by Crippen LogP contribution is 2.44. The van der Waals surface area contributed by atoms with Crippen molar-refractivity contribution in [2.45, 2.75) is 13.3 Å². The zero-order valence-corrected chi connectivity index (χ0v) is 7.29. The summed E-state index contributed by atoms with van der Waals surface area (Å²) < 4.78 is 10.3. The van der Waals surface area contributed by atoms with Crippen molar-refractivity contribution in [1.82, 2.24) is 0 Å². The van der Waals surface area contributed by atoms with E-state index in [4.69, 9.17) is 9.47 Å². The molecule has 0 amide bonds. The summed E-state index contributed by atoms with van der Waals surface area (Å²) in [6.45, 7) is 3.85. The van der Waals surface area contributed by atoms with Gasteiger partial charge < -0.3 is 9.47 Å². The summed E-state index contributed by atoms with van der Waals surface area (Å²) in [5, 5.41) is 0. The second-order valence-electron chi connectivity index (χ2n) is 3.76. The number of hydrogen-bond donors (Lipinski definition) is 0. The first-order chi connectivity index (χ1) is 5.77. The Bertz CT molecular complexity index is 190. The van der Waals surface area contributed by atoms with Gasteiger partial charge in [-0.1, -0.05) is 0 Å². The third-order valence-corrected chi connectivity index (χ3v) is 2.96. The minimum atomic E-state index is -0.169. The average molecular weight is 170 g/mol. The molecule has 1 heterocycles. The maximum Gasteiger partial charge on any atom is 0.302 e. The molecule has 12 heavy (non-hydrogen) atoms. The Morgan fingerprint density at radius 1 is 1.58 bits per heavy atom. The Morgan fingerprint density at radius 2 is 2.42 bits per heavy atom. The summed E-state index contributed by atoms with van der Waals surface area (Å²) >= 11 is 0. The van der Waals surface area contributed by atoms with Gasteiger partial charge in [-0.2, -0.15) is 0 Å². The number of fused-ring (bicyclic) bond motifs is 1. The number of rotatable bonds is 2. The van der Waals surface area contributed by atoms with Gasteiger partial charge in [0.2, 0.25) is 0 Å². The van der Waals surface area contributed by atoms with Crippen LogP contribution in [0.5, 0.6) is 0 Å². The first-order valence-electron chi connectivity index (χ1n) is 4.48. The van der Waals surface area contributed by atoms with Crippen LogP contribution in [0.2, 0.25) is 0 Å². The Morgan fingerprint density at radius 3 is 3.08 bits per heavy atom. The van der Waals surface area contributed by atoms with Crippen molar-refractivity contribution in [2.75, 3.05) is 19.8 Å². The number of esters is 1. The summed E-state index contributed by atoms with van der Waals surface area (Å²) in [5.41, 5.74) is 0. The topological polar surface area (TPSA) is 35.5 Å². The molecular weight excluding hydrogens is 156 g/mol. The van der Waals surface area contributed by atoms with Crippen molar-refractivity contribution >= 4 is 5.97 Å². The first-order valence-corrected chi connectivity index (χ1v) is 4.48. The molecule has 68 valence electrons. The molecule has 1 unspecified atom stereocenters. The van der Waals surface area contributed by atoms with Crippen molar-refractivity contribution < 1.29 is 14.3 Å². The van der Waals surface area contributed by atoms with Gasteiger partial charge in [0.15, 0.2) is 0 Å². The predicted octanol–water partition coefficient (Wildman–Crippen LogP) is 0.832. The third-order valence-electron chi connectivity index (χ3n) is 2.96. The molecule has 2 fully saturated rings. The standard InChI is InChI=1S/C9H14O3/c1-6(10)12-4-8-2-7-3-11-5-9(7)8/h7-9H,2-5H2,1H3/t7-,8?,9+/m0/s1. The van der Waals surface area contributed by atoms with E-state index >= 15 is 0 Å². The number of hydrogen-bond acceptors (Lipinski definition) is 3. The van der Waals surface area contributed by atoms with Crippen molar-refractivity contribution in [1.29, 1.82) is 0 Å². The number of carbonyl (C=O) groups is 1. The highest BCUT2D eigenvalue weighted by Gasteiger charge is 2.44. The second kappa shape index (κ2) is 3.05. The lowest BCUT2D eigenvalue weighted by molar-refractivity contribution is -0.144. The van der Waals surface area contributed by atoms with Crippen molar-refractivity contribution in [2.24, 2.45) is 17.8 Å². The Balaban J connectivity index is 1.74. The maximum atomic E-state index is 10.5. The van der Waals surface area contributed by atoms with Gasteiger partial charge in [-0.15, -0.1) is 0 Å². The second-order valence-corrected chi connectivity index (χ2v) is 3.76. The molecule has 1 saturated heterocycles. The molecule has 3 atom stereocenters. The van der Waals surface area contributed by atoms with Crippen molar-refractivity contribution in [3.05, 3.63) is 0 Å². The van der Waals surface area contributed by atoms with Gasteiger partial charge in [0, 0.05) is 13.5 Å². The molecule has 1 aliphatic carbocycles. The molecule has 2 aliphatic rings.